The summed E-state index contributed by atoms with van der Waals surface area (Å²) in [7, 11) is 0. The molecule has 0 spiro atoms. The van der Waals surface area contributed by atoms with Gasteiger partial charge >= 0.3 is 0 Å². The molecule has 0 aromatic heterocycles. The van der Waals surface area contributed by atoms with Crippen molar-refractivity contribution in [1.82, 2.24) is 10.6 Å². The maximum Gasteiger partial charge on any atom is 0.222 e. The fraction of sp³-hybridized carbons (Fsp3) is 0.842. The third-order valence-corrected chi connectivity index (χ3v) is 3.99. The smallest absolute Gasteiger partial charge is 0.222 e. The van der Waals surface area contributed by atoms with Crippen LogP contribution in [0.15, 0.2) is 0 Å². The van der Waals surface area contributed by atoms with E-state index in [1.165, 1.54) is 0 Å². The fourth-order valence-corrected chi connectivity index (χ4v) is 2.30. The lowest BCUT2D eigenvalue weighted by Gasteiger charge is -2.34. The van der Waals surface area contributed by atoms with Gasteiger partial charge in [0.2, 0.25) is 11.8 Å². The first-order valence-electron chi connectivity index (χ1n) is 9.63. The van der Waals surface area contributed by atoms with Crippen LogP contribution in [0.4, 0.5) is 0 Å². The molecule has 1 fully saturated rings. The largest absolute Gasteiger partial charge is 0.379 e. The molecule has 0 aromatic rings. The topological polar surface area (TPSA) is 93.7 Å². The van der Waals surface area contributed by atoms with Gasteiger partial charge in [-0.1, -0.05) is 27.7 Å². The molecule has 0 heterocycles. The summed E-state index contributed by atoms with van der Waals surface area (Å²) in [5.41, 5.74) is 0. The summed E-state index contributed by atoms with van der Waals surface area (Å²) in [6.45, 7) is 11.4. The van der Waals surface area contributed by atoms with E-state index in [1.807, 2.05) is 27.7 Å². The standard InChI is InChI=1S/C17H30N2O5.C2H6/c1-12(2)17(22)18-5-7-24-9-8-23-6-4-16(21)19-15-10-14(11-15)13(3)20;1-2/h12,14-15H,4-11H2,1-3H3,(H,18,22)(H,19,21);1-2H3. The zero-order valence-electron chi connectivity index (χ0n) is 16.9. The van der Waals surface area contributed by atoms with Gasteiger partial charge in [0.1, 0.15) is 5.78 Å². The van der Waals surface area contributed by atoms with Gasteiger partial charge in [-0.15, -0.1) is 0 Å². The number of ketones is 1. The third kappa shape index (κ3) is 11.2. The SMILES string of the molecule is CC.CC(=O)C1CC(NC(=O)CCOCCOCCNC(=O)C(C)C)C1. The average Bonchev–Trinajstić information content (AvgIpc) is 2.57. The molecule has 1 aliphatic rings. The van der Waals surface area contributed by atoms with Crippen molar-refractivity contribution in [2.45, 2.75) is 59.9 Å². The molecule has 1 aliphatic carbocycles. The van der Waals surface area contributed by atoms with Crippen molar-refractivity contribution in [3.8, 4) is 0 Å². The second kappa shape index (κ2) is 14.7. The Morgan fingerprint density at radius 2 is 1.58 bits per heavy atom. The summed E-state index contributed by atoms with van der Waals surface area (Å²) in [4.78, 5) is 34.0. The number of ether oxygens (including phenoxy) is 2. The van der Waals surface area contributed by atoms with Crippen LogP contribution in [0, 0.1) is 11.8 Å². The summed E-state index contributed by atoms with van der Waals surface area (Å²) in [6, 6.07) is 0.135. The van der Waals surface area contributed by atoms with Crippen molar-refractivity contribution in [2.75, 3.05) is 33.0 Å². The molecule has 0 bridgehead atoms. The number of rotatable bonds is 12. The number of hydrogen-bond acceptors (Lipinski definition) is 5. The van der Waals surface area contributed by atoms with Crippen LogP contribution in [-0.4, -0.2) is 56.6 Å². The molecule has 1 rings (SSSR count). The molecule has 1 saturated carbocycles. The second-order valence-electron chi connectivity index (χ2n) is 6.46. The van der Waals surface area contributed by atoms with Crippen LogP contribution in [0.25, 0.3) is 0 Å². The first-order chi connectivity index (χ1) is 12.4. The van der Waals surface area contributed by atoms with Gasteiger partial charge < -0.3 is 20.1 Å². The summed E-state index contributed by atoms with van der Waals surface area (Å²) in [5, 5.41) is 5.66. The van der Waals surface area contributed by atoms with E-state index in [2.05, 4.69) is 10.6 Å². The van der Waals surface area contributed by atoms with E-state index >= 15 is 0 Å². The number of hydrogen-bond donors (Lipinski definition) is 2. The summed E-state index contributed by atoms with van der Waals surface area (Å²) in [5.74, 6) is 0.274. The fourth-order valence-electron chi connectivity index (χ4n) is 2.30. The quantitative estimate of drug-likeness (QED) is 0.509. The van der Waals surface area contributed by atoms with Crippen molar-refractivity contribution in [2.24, 2.45) is 11.8 Å². The van der Waals surface area contributed by atoms with E-state index in [-0.39, 0.29) is 35.5 Å². The van der Waals surface area contributed by atoms with E-state index in [4.69, 9.17) is 9.47 Å². The Morgan fingerprint density at radius 1 is 1.00 bits per heavy atom. The van der Waals surface area contributed by atoms with Crippen LogP contribution in [0.1, 0.15) is 53.9 Å². The summed E-state index contributed by atoms with van der Waals surface area (Å²) < 4.78 is 10.7. The van der Waals surface area contributed by atoms with Crippen molar-refractivity contribution in [3.63, 3.8) is 0 Å². The second-order valence-corrected chi connectivity index (χ2v) is 6.46. The van der Waals surface area contributed by atoms with Gasteiger partial charge in [0, 0.05) is 30.8 Å². The van der Waals surface area contributed by atoms with Crippen LogP contribution in [0.3, 0.4) is 0 Å². The van der Waals surface area contributed by atoms with Gasteiger partial charge in [0.15, 0.2) is 0 Å². The van der Waals surface area contributed by atoms with Crippen LogP contribution in [-0.2, 0) is 23.9 Å². The Bertz CT molecular complexity index is 420. The molecule has 2 N–H and O–H groups in total. The van der Waals surface area contributed by atoms with E-state index in [0.717, 1.165) is 12.8 Å². The molecule has 0 atom stereocenters. The lowest BCUT2D eigenvalue weighted by atomic mass is 9.78. The highest BCUT2D eigenvalue weighted by atomic mass is 16.5. The Morgan fingerprint density at radius 3 is 2.12 bits per heavy atom. The Hall–Kier alpha value is -1.47. The number of Topliss-reactive ketones (excluding diaryl/α,β-unsaturated/α-hetero) is 1. The van der Waals surface area contributed by atoms with Gasteiger partial charge in [0.25, 0.3) is 0 Å². The number of carbonyl (C=O) groups excluding carboxylic acids is 3. The molecule has 7 nitrogen and oxygen atoms in total. The minimum Gasteiger partial charge on any atom is -0.379 e. The molecule has 0 aromatic carbocycles. The molecule has 7 heteroatoms. The van der Waals surface area contributed by atoms with E-state index in [1.54, 1.807) is 6.92 Å². The van der Waals surface area contributed by atoms with E-state index < -0.39 is 0 Å². The number of amides is 2. The van der Waals surface area contributed by atoms with Gasteiger partial charge in [0.05, 0.1) is 26.4 Å². The zero-order valence-corrected chi connectivity index (χ0v) is 16.9. The molecular formula is C19H36N2O5. The highest BCUT2D eigenvalue weighted by Crippen LogP contribution is 2.27. The lowest BCUT2D eigenvalue weighted by molar-refractivity contribution is -0.128. The number of carbonyl (C=O) groups is 3. The molecule has 2 amide bonds. The maximum absolute atomic E-state index is 11.7. The molecule has 0 unspecified atom stereocenters. The van der Waals surface area contributed by atoms with Crippen LogP contribution < -0.4 is 10.6 Å². The monoisotopic (exact) mass is 372 g/mol. The van der Waals surface area contributed by atoms with Crippen LogP contribution in [0.5, 0.6) is 0 Å². The number of nitrogens with one attached hydrogen (secondary N) is 2. The van der Waals surface area contributed by atoms with E-state index in [0.29, 0.717) is 39.4 Å². The molecule has 0 saturated heterocycles. The van der Waals surface area contributed by atoms with Crippen molar-refractivity contribution >= 4 is 17.6 Å². The molecule has 0 radical (unpaired) electrons. The van der Waals surface area contributed by atoms with Crippen molar-refractivity contribution < 1.29 is 23.9 Å². The molecule has 152 valence electrons. The van der Waals surface area contributed by atoms with E-state index in [9.17, 15) is 14.4 Å². The highest BCUT2D eigenvalue weighted by molar-refractivity contribution is 5.80. The Kier molecular flexibility index (Phi) is 13.8. The minimum atomic E-state index is -0.0423. The predicted octanol–water partition coefficient (Wildman–Crippen LogP) is 1.69. The van der Waals surface area contributed by atoms with Gasteiger partial charge in [-0.25, -0.2) is 0 Å². The van der Waals surface area contributed by atoms with Gasteiger partial charge in [-0.2, -0.15) is 0 Å². The zero-order chi connectivity index (χ0) is 19.9. The Balaban J connectivity index is 0.00000301. The normalized spacial score (nSPS) is 18.4. The van der Waals surface area contributed by atoms with Crippen LogP contribution in [0.2, 0.25) is 0 Å². The van der Waals surface area contributed by atoms with Crippen molar-refractivity contribution in [1.29, 1.82) is 0 Å². The minimum absolute atomic E-state index is 0.0157. The van der Waals surface area contributed by atoms with Gasteiger partial charge in [-0.3, -0.25) is 14.4 Å². The average molecular weight is 373 g/mol. The predicted molar refractivity (Wildman–Crippen MR) is 101 cm³/mol. The first kappa shape index (κ1) is 24.5. The Labute approximate surface area is 157 Å². The summed E-state index contributed by atoms with van der Waals surface area (Å²) in [6.07, 6.45) is 1.82. The third-order valence-electron chi connectivity index (χ3n) is 3.99. The van der Waals surface area contributed by atoms with Gasteiger partial charge in [-0.05, 0) is 19.8 Å². The molecule has 26 heavy (non-hydrogen) atoms. The first-order valence-corrected chi connectivity index (χ1v) is 9.63. The van der Waals surface area contributed by atoms with Crippen LogP contribution >= 0.6 is 0 Å². The molecule has 0 aliphatic heterocycles. The maximum atomic E-state index is 11.7. The van der Waals surface area contributed by atoms with Crippen molar-refractivity contribution in [3.05, 3.63) is 0 Å². The molecular weight excluding hydrogens is 336 g/mol. The summed E-state index contributed by atoms with van der Waals surface area (Å²) >= 11 is 0. The lowest BCUT2D eigenvalue weighted by Crippen LogP contribution is -2.46. The highest BCUT2D eigenvalue weighted by Gasteiger charge is 2.32.